The summed E-state index contributed by atoms with van der Waals surface area (Å²) < 4.78 is 19.1. The molecular formula is C15H13BFNO3. The topological polar surface area (TPSA) is 73.5 Å². The fourth-order valence-corrected chi connectivity index (χ4v) is 1.91. The van der Waals surface area contributed by atoms with Gasteiger partial charge in [0.15, 0.2) is 0 Å². The molecule has 0 saturated heterocycles. The number of nitriles is 1. The van der Waals surface area contributed by atoms with E-state index in [4.69, 9.17) is 10.00 Å². The molecule has 0 fully saturated rings. The van der Waals surface area contributed by atoms with E-state index in [-0.39, 0.29) is 23.4 Å². The van der Waals surface area contributed by atoms with Crippen LogP contribution in [0.4, 0.5) is 4.39 Å². The highest BCUT2D eigenvalue weighted by Crippen LogP contribution is 2.15. The predicted molar refractivity (Wildman–Crippen MR) is 76.5 cm³/mol. The average Bonchev–Trinajstić information content (AvgIpc) is 2.47. The lowest BCUT2D eigenvalue weighted by molar-refractivity contribution is 0.300. The predicted octanol–water partition coefficient (Wildman–Crippen LogP) is 1.26. The summed E-state index contributed by atoms with van der Waals surface area (Å²) >= 11 is 0. The number of rotatable bonds is 4. The van der Waals surface area contributed by atoms with Gasteiger partial charge in [-0.15, -0.1) is 0 Å². The molecule has 4 nitrogen and oxygen atoms in total. The molecule has 106 valence electrons. The molecule has 0 aliphatic carbocycles. The molecule has 0 bridgehead atoms. The number of ether oxygens (including phenoxy) is 1. The standard InChI is InChI=1S/C15H13BFNO3/c1-10-2-5-15(13(6-10)16(19)20)21-9-12-7-11(8-18)3-4-14(12)17/h2-7,19-20H,9H2,1H3. The molecule has 0 aromatic heterocycles. The second kappa shape index (κ2) is 6.40. The van der Waals surface area contributed by atoms with Gasteiger partial charge in [-0.25, -0.2) is 4.39 Å². The van der Waals surface area contributed by atoms with Crippen LogP contribution in [-0.4, -0.2) is 17.2 Å². The van der Waals surface area contributed by atoms with Crippen LogP contribution in [0.5, 0.6) is 5.75 Å². The Morgan fingerprint density at radius 3 is 2.67 bits per heavy atom. The Morgan fingerprint density at radius 1 is 1.24 bits per heavy atom. The second-order valence-electron chi connectivity index (χ2n) is 4.62. The summed E-state index contributed by atoms with van der Waals surface area (Å²) in [6.45, 7) is 1.70. The van der Waals surface area contributed by atoms with E-state index in [0.29, 0.717) is 5.56 Å². The average molecular weight is 285 g/mol. The Morgan fingerprint density at radius 2 is 2.00 bits per heavy atom. The van der Waals surface area contributed by atoms with Gasteiger partial charge in [0.05, 0.1) is 11.6 Å². The molecule has 0 amide bonds. The summed E-state index contributed by atoms with van der Waals surface area (Å²) in [5.74, 6) is -0.218. The molecule has 21 heavy (non-hydrogen) atoms. The monoisotopic (exact) mass is 285 g/mol. The van der Waals surface area contributed by atoms with E-state index in [1.54, 1.807) is 18.2 Å². The van der Waals surface area contributed by atoms with Crippen molar-refractivity contribution in [1.29, 1.82) is 5.26 Å². The molecular weight excluding hydrogens is 272 g/mol. The minimum absolute atomic E-state index is 0.107. The van der Waals surface area contributed by atoms with Crippen LogP contribution >= 0.6 is 0 Å². The molecule has 0 aliphatic heterocycles. The SMILES string of the molecule is Cc1ccc(OCc2cc(C#N)ccc2F)c(B(O)O)c1. The Hall–Kier alpha value is -2.36. The number of halogens is 1. The van der Waals surface area contributed by atoms with E-state index in [0.717, 1.165) is 5.56 Å². The van der Waals surface area contributed by atoms with Crippen molar-refractivity contribution in [3.05, 3.63) is 58.9 Å². The summed E-state index contributed by atoms with van der Waals surface area (Å²) in [5, 5.41) is 27.4. The van der Waals surface area contributed by atoms with Crippen molar-refractivity contribution in [2.24, 2.45) is 0 Å². The van der Waals surface area contributed by atoms with Crippen LogP contribution in [0.15, 0.2) is 36.4 Å². The van der Waals surface area contributed by atoms with Gasteiger partial charge in [0.25, 0.3) is 0 Å². The maximum absolute atomic E-state index is 13.6. The van der Waals surface area contributed by atoms with E-state index in [1.165, 1.54) is 18.2 Å². The smallest absolute Gasteiger partial charge is 0.489 e. The van der Waals surface area contributed by atoms with Gasteiger partial charge >= 0.3 is 7.12 Å². The van der Waals surface area contributed by atoms with Crippen molar-refractivity contribution in [1.82, 2.24) is 0 Å². The highest BCUT2D eigenvalue weighted by atomic mass is 19.1. The van der Waals surface area contributed by atoms with Gasteiger partial charge < -0.3 is 14.8 Å². The summed E-state index contributed by atoms with van der Waals surface area (Å²) in [6, 6.07) is 10.8. The summed E-state index contributed by atoms with van der Waals surface area (Å²) in [5.41, 5.74) is 1.63. The molecule has 0 unspecified atom stereocenters. The highest BCUT2D eigenvalue weighted by molar-refractivity contribution is 6.59. The third-order valence-electron chi connectivity index (χ3n) is 3.00. The zero-order valence-electron chi connectivity index (χ0n) is 11.4. The third-order valence-corrected chi connectivity index (χ3v) is 3.00. The highest BCUT2D eigenvalue weighted by Gasteiger charge is 2.17. The molecule has 0 heterocycles. The molecule has 2 aromatic rings. The normalized spacial score (nSPS) is 10.0. The molecule has 0 saturated carbocycles. The van der Waals surface area contributed by atoms with Crippen molar-refractivity contribution >= 4 is 12.6 Å². The maximum Gasteiger partial charge on any atom is 0.492 e. The molecule has 6 heteroatoms. The van der Waals surface area contributed by atoms with Crippen molar-refractivity contribution in [3.8, 4) is 11.8 Å². The van der Waals surface area contributed by atoms with Crippen LogP contribution in [0.2, 0.25) is 0 Å². The Bertz CT molecular complexity index is 698. The first-order chi connectivity index (χ1) is 10.0. The Balaban J connectivity index is 2.23. The molecule has 0 aliphatic rings. The lowest BCUT2D eigenvalue weighted by Crippen LogP contribution is -2.31. The van der Waals surface area contributed by atoms with E-state index < -0.39 is 12.9 Å². The van der Waals surface area contributed by atoms with Crippen molar-refractivity contribution in [3.63, 3.8) is 0 Å². The molecule has 2 N–H and O–H groups in total. The van der Waals surface area contributed by atoms with Gasteiger partial charge in [0.1, 0.15) is 18.2 Å². The van der Waals surface area contributed by atoms with Gasteiger partial charge in [-0.3, -0.25) is 0 Å². The van der Waals surface area contributed by atoms with E-state index in [1.807, 2.05) is 13.0 Å². The molecule has 0 atom stereocenters. The Kier molecular flexibility index (Phi) is 4.58. The Labute approximate surface area is 122 Å². The van der Waals surface area contributed by atoms with Crippen LogP contribution in [0, 0.1) is 24.1 Å². The van der Waals surface area contributed by atoms with E-state index in [9.17, 15) is 14.4 Å². The number of nitrogens with zero attached hydrogens (tertiary/aromatic N) is 1. The summed E-state index contributed by atoms with van der Waals surface area (Å²) in [7, 11) is -1.67. The minimum Gasteiger partial charge on any atom is -0.489 e. The molecule has 0 radical (unpaired) electrons. The van der Waals surface area contributed by atoms with Gasteiger partial charge in [-0.05, 0) is 31.2 Å². The van der Waals surface area contributed by atoms with Gasteiger partial charge in [-0.1, -0.05) is 17.7 Å². The van der Waals surface area contributed by atoms with Gasteiger partial charge in [0, 0.05) is 11.0 Å². The van der Waals surface area contributed by atoms with Crippen LogP contribution in [0.25, 0.3) is 0 Å². The van der Waals surface area contributed by atoms with Crippen molar-refractivity contribution in [2.45, 2.75) is 13.5 Å². The minimum atomic E-state index is -1.67. The van der Waals surface area contributed by atoms with E-state index >= 15 is 0 Å². The number of aryl methyl sites for hydroxylation is 1. The van der Waals surface area contributed by atoms with Gasteiger partial charge in [-0.2, -0.15) is 5.26 Å². The fraction of sp³-hybridized carbons (Fsp3) is 0.133. The second-order valence-corrected chi connectivity index (χ2v) is 4.62. The molecule has 2 aromatic carbocycles. The lowest BCUT2D eigenvalue weighted by Gasteiger charge is -2.12. The number of hydrogen-bond donors (Lipinski definition) is 2. The van der Waals surface area contributed by atoms with Crippen LogP contribution in [0.1, 0.15) is 16.7 Å². The van der Waals surface area contributed by atoms with E-state index in [2.05, 4.69) is 0 Å². The first-order valence-electron chi connectivity index (χ1n) is 6.29. The largest absolute Gasteiger partial charge is 0.492 e. The third kappa shape index (κ3) is 3.60. The quantitative estimate of drug-likeness (QED) is 0.829. The first kappa shape index (κ1) is 15.0. The molecule has 2 rings (SSSR count). The maximum atomic E-state index is 13.6. The molecule has 0 spiro atoms. The number of hydrogen-bond acceptors (Lipinski definition) is 4. The van der Waals surface area contributed by atoms with Crippen LogP contribution < -0.4 is 10.2 Å². The first-order valence-corrected chi connectivity index (χ1v) is 6.29. The lowest BCUT2D eigenvalue weighted by atomic mass is 9.79. The summed E-state index contributed by atoms with van der Waals surface area (Å²) in [6.07, 6.45) is 0. The fourth-order valence-electron chi connectivity index (χ4n) is 1.91. The van der Waals surface area contributed by atoms with Crippen molar-refractivity contribution < 1.29 is 19.2 Å². The number of benzene rings is 2. The zero-order chi connectivity index (χ0) is 15.4. The summed E-state index contributed by atoms with van der Waals surface area (Å²) in [4.78, 5) is 0. The van der Waals surface area contributed by atoms with Gasteiger partial charge in [0.2, 0.25) is 0 Å². The van der Waals surface area contributed by atoms with Crippen LogP contribution in [-0.2, 0) is 6.61 Å². The van der Waals surface area contributed by atoms with Crippen LogP contribution in [0.3, 0.4) is 0 Å². The van der Waals surface area contributed by atoms with Crippen molar-refractivity contribution in [2.75, 3.05) is 0 Å². The zero-order valence-corrected chi connectivity index (χ0v) is 11.4.